The Bertz CT molecular complexity index is 1470. The fourth-order valence-electron chi connectivity index (χ4n) is 12.8. The number of hydrogen-bond donors (Lipinski definition) is 0. The molecule has 514 valence electrons. The van der Waals surface area contributed by atoms with Gasteiger partial charge in [-0.3, -0.25) is 19.2 Å². The van der Waals surface area contributed by atoms with E-state index in [0.717, 1.165) is 64.2 Å². The van der Waals surface area contributed by atoms with Crippen LogP contribution in [0, 0.1) is 0 Å². The quantitative estimate of drug-likeness (QED) is 0.0334. The Morgan fingerprint density at radius 3 is 0.770 bits per heavy atom. The van der Waals surface area contributed by atoms with E-state index >= 15 is 0 Å². The number of unbranched alkanes of at least 4 members (excludes halogenated alkanes) is 56. The van der Waals surface area contributed by atoms with Gasteiger partial charge in [0.05, 0.1) is 6.61 Å². The van der Waals surface area contributed by atoms with Crippen molar-refractivity contribution < 1.29 is 42.9 Å². The number of esters is 4. The largest absolute Gasteiger partial charge is 0.462 e. The summed E-state index contributed by atoms with van der Waals surface area (Å²) >= 11 is 0. The van der Waals surface area contributed by atoms with E-state index in [1.807, 2.05) is 0 Å². The highest BCUT2D eigenvalue weighted by atomic mass is 16.7. The average Bonchev–Trinajstić information content (AvgIpc) is 2.48. The molecule has 9 heteroatoms. The fourth-order valence-corrected chi connectivity index (χ4v) is 12.8. The summed E-state index contributed by atoms with van der Waals surface area (Å²) in [5.41, 5.74) is 0. The highest BCUT2D eigenvalue weighted by molar-refractivity contribution is 5.71. The van der Waals surface area contributed by atoms with Crippen LogP contribution in [-0.4, -0.2) is 61.5 Å². The molecule has 1 heterocycles. The van der Waals surface area contributed by atoms with E-state index in [4.69, 9.17) is 23.7 Å². The van der Waals surface area contributed by atoms with Gasteiger partial charge in [0.15, 0.2) is 18.3 Å². The molecule has 0 spiro atoms. The molecule has 0 aromatic heterocycles. The molecule has 0 bridgehead atoms. The van der Waals surface area contributed by atoms with Gasteiger partial charge in [-0.15, -0.1) is 0 Å². The lowest BCUT2D eigenvalue weighted by Gasteiger charge is -2.28. The monoisotopic (exact) mass is 1230 g/mol. The first-order chi connectivity index (χ1) is 42.9. The van der Waals surface area contributed by atoms with E-state index < -0.39 is 24.4 Å². The molecule has 1 rings (SSSR count). The molecular weight excluding hydrogens is 1080 g/mol. The lowest BCUT2D eigenvalue weighted by Crippen LogP contribution is -2.47. The number of carbonyl (C=O) groups excluding carboxylic acids is 4. The van der Waals surface area contributed by atoms with Gasteiger partial charge in [-0.25, -0.2) is 0 Å². The summed E-state index contributed by atoms with van der Waals surface area (Å²) in [6.07, 6.45) is 72.1. The summed E-state index contributed by atoms with van der Waals surface area (Å²) in [7, 11) is 0. The van der Waals surface area contributed by atoms with Crippen LogP contribution in [0.2, 0.25) is 0 Å². The molecule has 1 aliphatic heterocycles. The molecule has 0 saturated carbocycles. The van der Waals surface area contributed by atoms with E-state index in [1.54, 1.807) is 0 Å². The molecule has 0 N–H and O–H groups in total. The topological polar surface area (TPSA) is 114 Å². The van der Waals surface area contributed by atoms with Gasteiger partial charge < -0.3 is 23.7 Å². The maximum atomic E-state index is 13.7. The first-order valence-corrected chi connectivity index (χ1v) is 39.2. The van der Waals surface area contributed by atoms with Crippen molar-refractivity contribution in [2.45, 2.75) is 463 Å². The summed E-state index contributed by atoms with van der Waals surface area (Å²) in [6, 6.07) is 0. The summed E-state index contributed by atoms with van der Waals surface area (Å²) < 4.78 is 30.7. The third kappa shape index (κ3) is 56.3. The van der Waals surface area contributed by atoms with Crippen LogP contribution in [0.3, 0.4) is 0 Å². The second-order valence-corrected chi connectivity index (χ2v) is 27.3. The zero-order valence-electron chi connectivity index (χ0n) is 58.7. The molecule has 1 aliphatic rings. The van der Waals surface area contributed by atoms with Crippen molar-refractivity contribution >= 4 is 23.9 Å². The van der Waals surface area contributed by atoms with E-state index in [0.29, 0.717) is 19.3 Å². The lowest BCUT2D eigenvalue weighted by atomic mass is 10.0. The van der Waals surface area contributed by atoms with E-state index in [-0.39, 0.29) is 56.4 Å². The second-order valence-electron chi connectivity index (χ2n) is 27.3. The van der Waals surface area contributed by atoms with Crippen molar-refractivity contribution in [3.05, 3.63) is 0 Å². The third-order valence-corrected chi connectivity index (χ3v) is 18.7. The molecule has 0 aliphatic carbocycles. The van der Waals surface area contributed by atoms with Crippen LogP contribution in [0.25, 0.3) is 0 Å². The minimum absolute atomic E-state index is 0.00629. The zero-order chi connectivity index (χ0) is 62.8. The van der Waals surface area contributed by atoms with Crippen molar-refractivity contribution in [3.63, 3.8) is 0 Å². The van der Waals surface area contributed by atoms with Crippen molar-refractivity contribution in [2.75, 3.05) is 13.2 Å². The van der Waals surface area contributed by atoms with Gasteiger partial charge in [-0.05, 0) is 25.7 Å². The Balaban J connectivity index is 2.85. The van der Waals surface area contributed by atoms with E-state index in [2.05, 4.69) is 27.7 Å². The van der Waals surface area contributed by atoms with Crippen LogP contribution in [0.15, 0.2) is 0 Å². The standard InChI is InChI=1S/C78H148O9/c1-5-9-13-17-21-25-29-33-37-41-45-49-53-57-61-65-73(79)83-69-71(85-74(80)66-62-58-54-50-46-42-38-34-30-26-22-18-14-10-6-2)77-78(87-76(82)68-64-60-56-52-48-44-40-36-32-28-24-20-16-12-8-4)72(70-84-77)86-75(81)67-63-59-55-51-47-43-39-35-31-27-23-19-15-11-7-3/h71-72,77-78H,5-70H2,1-4H3/t71-,72+,77?,78-/m1/s1. The minimum Gasteiger partial charge on any atom is -0.462 e. The average molecular weight is 1230 g/mol. The molecule has 0 radical (unpaired) electrons. The van der Waals surface area contributed by atoms with Crippen LogP contribution in [0.1, 0.15) is 439 Å². The molecular formula is C78H148O9. The first-order valence-electron chi connectivity index (χ1n) is 39.2. The molecule has 0 aromatic carbocycles. The van der Waals surface area contributed by atoms with Gasteiger partial charge >= 0.3 is 23.9 Å². The summed E-state index contributed by atoms with van der Waals surface area (Å²) in [5, 5.41) is 0. The van der Waals surface area contributed by atoms with Gasteiger partial charge in [-0.2, -0.15) is 0 Å². The zero-order valence-corrected chi connectivity index (χ0v) is 58.7. The van der Waals surface area contributed by atoms with Crippen LogP contribution in [-0.2, 0) is 42.9 Å². The van der Waals surface area contributed by atoms with Crippen LogP contribution < -0.4 is 0 Å². The summed E-state index contributed by atoms with van der Waals surface area (Å²) in [6.45, 7) is 8.90. The number of hydrogen-bond acceptors (Lipinski definition) is 9. The number of rotatable bonds is 70. The Hall–Kier alpha value is -2.16. The Labute approximate surface area is 540 Å². The van der Waals surface area contributed by atoms with Crippen molar-refractivity contribution in [3.8, 4) is 0 Å². The van der Waals surface area contributed by atoms with Crippen molar-refractivity contribution in [1.29, 1.82) is 0 Å². The third-order valence-electron chi connectivity index (χ3n) is 18.7. The lowest BCUT2D eigenvalue weighted by molar-refractivity contribution is -0.179. The predicted molar refractivity (Wildman–Crippen MR) is 369 cm³/mol. The van der Waals surface area contributed by atoms with Gasteiger partial charge in [0.25, 0.3) is 0 Å². The van der Waals surface area contributed by atoms with Gasteiger partial charge in [0, 0.05) is 25.7 Å². The molecule has 87 heavy (non-hydrogen) atoms. The molecule has 9 nitrogen and oxygen atoms in total. The SMILES string of the molecule is CCCCCCCCCCCCCCCCCC(=O)OC[C@@H](OC(=O)CCCCCCCCCCCCCCCCC)C1OC[C@H](OC(=O)CCCCCCCCCCCCCCCCC)[C@H]1OC(=O)CCCCCCCCCCCCCCCCC. The number of carbonyl (C=O) groups is 4. The van der Waals surface area contributed by atoms with Crippen molar-refractivity contribution in [1.82, 2.24) is 0 Å². The molecule has 4 atom stereocenters. The van der Waals surface area contributed by atoms with Crippen LogP contribution >= 0.6 is 0 Å². The Morgan fingerprint density at radius 2 is 0.506 bits per heavy atom. The van der Waals surface area contributed by atoms with Crippen molar-refractivity contribution in [2.24, 2.45) is 0 Å². The molecule has 0 amide bonds. The van der Waals surface area contributed by atoms with Crippen LogP contribution in [0.4, 0.5) is 0 Å². The predicted octanol–water partition coefficient (Wildman–Crippen LogP) is 24.7. The minimum atomic E-state index is -1.01. The van der Waals surface area contributed by atoms with Gasteiger partial charge in [0.1, 0.15) is 12.7 Å². The maximum Gasteiger partial charge on any atom is 0.306 e. The second kappa shape index (κ2) is 66.8. The highest BCUT2D eigenvalue weighted by Crippen LogP contribution is 2.28. The first kappa shape index (κ1) is 82.9. The highest BCUT2D eigenvalue weighted by Gasteiger charge is 2.48. The maximum absolute atomic E-state index is 13.7. The van der Waals surface area contributed by atoms with E-state index in [1.165, 1.54) is 308 Å². The smallest absolute Gasteiger partial charge is 0.306 e. The Morgan fingerprint density at radius 1 is 0.287 bits per heavy atom. The fraction of sp³-hybridized carbons (Fsp3) is 0.949. The molecule has 1 unspecified atom stereocenters. The molecule has 0 aromatic rings. The molecule has 1 fully saturated rings. The van der Waals surface area contributed by atoms with Gasteiger partial charge in [-0.1, -0.05) is 387 Å². The molecule has 1 saturated heterocycles. The van der Waals surface area contributed by atoms with E-state index in [9.17, 15) is 19.2 Å². The Kier molecular flexibility index (Phi) is 63.6. The number of ether oxygens (including phenoxy) is 5. The summed E-state index contributed by atoms with van der Waals surface area (Å²) in [5.74, 6) is -1.42. The van der Waals surface area contributed by atoms with Gasteiger partial charge in [0.2, 0.25) is 0 Å². The van der Waals surface area contributed by atoms with Crippen LogP contribution in [0.5, 0.6) is 0 Å². The summed E-state index contributed by atoms with van der Waals surface area (Å²) in [4.78, 5) is 54.2. The normalized spacial score (nSPS) is 15.3.